The number of aromatic carboxylic acids is 1. The van der Waals surface area contributed by atoms with Crippen molar-refractivity contribution in [2.75, 3.05) is 0 Å². The van der Waals surface area contributed by atoms with Gasteiger partial charge in [-0.05, 0) is 65.4 Å². The molecule has 194 valence electrons. The van der Waals surface area contributed by atoms with Gasteiger partial charge in [0, 0.05) is 12.1 Å². The van der Waals surface area contributed by atoms with E-state index in [0.717, 1.165) is 21.7 Å². The number of aromatic nitrogens is 2. The van der Waals surface area contributed by atoms with Gasteiger partial charge in [0.15, 0.2) is 0 Å². The van der Waals surface area contributed by atoms with E-state index in [1.165, 1.54) is 25.1 Å². The minimum Gasteiger partial charge on any atom is -0.478 e. The fourth-order valence-electron chi connectivity index (χ4n) is 4.15. The monoisotopic (exact) mass is 530 g/mol. The molecule has 0 saturated heterocycles. The van der Waals surface area contributed by atoms with E-state index in [9.17, 15) is 26.4 Å². The van der Waals surface area contributed by atoms with Crippen LogP contribution in [0.2, 0.25) is 0 Å². The smallest absolute Gasteiger partial charge is 0.433 e. The van der Waals surface area contributed by atoms with E-state index in [2.05, 4.69) is 4.98 Å². The van der Waals surface area contributed by atoms with Crippen LogP contribution < -0.4 is 0 Å². The molecular formula is C27H25F3N2O4S. The standard InChI is InChI=1S/C27H25F3N2O4S/c1-16-22(14-17-8-10-18(11-9-17)25(33)34)32(21-12-13-23(27(28,29)30)31-24(16)21)37(35,36)20-7-5-6-19(15-20)26(2,3)4/h5-13,15H,14H2,1-4H3,(H,33,34). The Labute approximate surface area is 212 Å². The lowest BCUT2D eigenvalue weighted by molar-refractivity contribution is -0.140. The molecule has 6 nitrogen and oxygen atoms in total. The zero-order valence-electron chi connectivity index (χ0n) is 20.6. The number of nitrogens with zero attached hydrogens (tertiary/aromatic N) is 2. The lowest BCUT2D eigenvalue weighted by Gasteiger charge is -2.20. The number of pyridine rings is 1. The van der Waals surface area contributed by atoms with Gasteiger partial charge in [0.25, 0.3) is 10.0 Å². The molecule has 10 heteroatoms. The van der Waals surface area contributed by atoms with Gasteiger partial charge in [-0.1, -0.05) is 45.0 Å². The predicted octanol–water partition coefficient (Wildman–Crippen LogP) is 6.19. The van der Waals surface area contributed by atoms with Crippen molar-refractivity contribution in [1.29, 1.82) is 0 Å². The molecule has 4 rings (SSSR count). The van der Waals surface area contributed by atoms with Crippen LogP contribution >= 0.6 is 0 Å². The van der Waals surface area contributed by atoms with Crippen molar-refractivity contribution in [3.8, 4) is 0 Å². The Morgan fingerprint density at radius 2 is 1.65 bits per heavy atom. The average Bonchev–Trinajstić information content (AvgIpc) is 3.10. The summed E-state index contributed by atoms with van der Waals surface area (Å²) in [4.78, 5) is 15.0. The second kappa shape index (κ2) is 9.02. The minimum absolute atomic E-state index is 0.000743. The highest BCUT2D eigenvalue weighted by Crippen LogP contribution is 2.35. The van der Waals surface area contributed by atoms with Gasteiger partial charge in [0.1, 0.15) is 5.69 Å². The number of carbonyl (C=O) groups is 1. The van der Waals surface area contributed by atoms with Crippen molar-refractivity contribution in [2.24, 2.45) is 0 Å². The number of halogens is 3. The molecule has 37 heavy (non-hydrogen) atoms. The molecule has 0 fully saturated rings. The lowest BCUT2D eigenvalue weighted by Crippen LogP contribution is -2.18. The van der Waals surface area contributed by atoms with Crippen molar-refractivity contribution >= 4 is 27.0 Å². The van der Waals surface area contributed by atoms with Crippen LogP contribution in [0, 0.1) is 6.92 Å². The molecule has 0 saturated carbocycles. The quantitative estimate of drug-likeness (QED) is 0.333. The topological polar surface area (TPSA) is 89.3 Å². The summed E-state index contributed by atoms with van der Waals surface area (Å²) in [6, 6.07) is 14.2. The summed E-state index contributed by atoms with van der Waals surface area (Å²) >= 11 is 0. The fraction of sp³-hybridized carbons (Fsp3) is 0.259. The van der Waals surface area contributed by atoms with Crippen LogP contribution in [-0.4, -0.2) is 28.5 Å². The minimum atomic E-state index is -4.70. The van der Waals surface area contributed by atoms with Gasteiger partial charge in [0.2, 0.25) is 0 Å². The Kier molecular flexibility index (Phi) is 6.44. The summed E-state index contributed by atoms with van der Waals surface area (Å²) in [6.07, 6.45) is -4.67. The van der Waals surface area contributed by atoms with Gasteiger partial charge in [-0.25, -0.2) is 22.2 Å². The van der Waals surface area contributed by atoms with E-state index in [1.807, 2.05) is 26.8 Å². The number of alkyl halides is 3. The van der Waals surface area contributed by atoms with E-state index in [1.54, 1.807) is 24.3 Å². The molecule has 0 atom stereocenters. The molecule has 0 bridgehead atoms. The molecule has 0 aliphatic heterocycles. The van der Waals surface area contributed by atoms with Crippen molar-refractivity contribution < 1.29 is 31.5 Å². The molecule has 2 aromatic heterocycles. The fourth-order valence-corrected chi connectivity index (χ4v) is 5.78. The van der Waals surface area contributed by atoms with Crippen LogP contribution in [0.15, 0.2) is 65.6 Å². The first-order valence-electron chi connectivity index (χ1n) is 11.4. The molecule has 2 heterocycles. The number of carboxylic acids is 1. The Balaban J connectivity index is 1.97. The number of hydrogen-bond acceptors (Lipinski definition) is 4. The maximum Gasteiger partial charge on any atom is 0.433 e. The zero-order chi connectivity index (χ0) is 27.3. The van der Waals surface area contributed by atoms with E-state index in [0.29, 0.717) is 11.1 Å². The van der Waals surface area contributed by atoms with Crippen LogP contribution in [0.5, 0.6) is 0 Å². The molecule has 0 amide bonds. The maximum absolute atomic E-state index is 14.0. The van der Waals surface area contributed by atoms with E-state index in [-0.39, 0.29) is 39.0 Å². The van der Waals surface area contributed by atoms with Crippen molar-refractivity contribution in [2.45, 2.75) is 50.6 Å². The van der Waals surface area contributed by atoms with Crippen LogP contribution in [0.1, 0.15) is 59.2 Å². The highest BCUT2D eigenvalue weighted by atomic mass is 32.2. The van der Waals surface area contributed by atoms with Gasteiger partial charge in [0.05, 0.1) is 21.5 Å². The van der Waals surface area contributed by atoms with E-state index in [4.69, 9.17) is 5.11 Å². The molecule has 4 aromatic rings. The zero-order valence-corrected chi connectivity index (χ0v) is 21.4. The second-order valence-corrected chi connectivity index (χ2v) is 11.6. The first-order chi connectivity index (χ1) is 17.1. The third-order valence-corrected chi connectivity index (χ3v) is 7.97. The largest absolute Gasteiger partial charge is 0.478 e. The lowest BCUT2D eigenvalue weighted by atomic mass is 9.87. The third kappa shape index (κ3) is 4.98. The number of aryl methyl sites for hydroxylation is 1. The first-order valence-corrected chi connectivity index (χ1v) is 12.8. The second-order valence-electron chi connectivity index (χ2n) is 9.86. The summed E-state index contributed by atoms with van der Waals surface area (Å²) in [5.41, 5.74) is 0.472. The Bertz CT molecular complexity index is 1610. The summed E-state index contributed by atoms with van der Waals surface area (Å²) in [7, 11) is -4.25. The van der Waals surface area contributed by atoms with Crippen LogP contribution in [0.3, 0.4) is 0 Å². The van der Waals surface area contributed by atoms with Gasteiger partial charge >= 0.3 is 12.1 Å². The van der Waals surface area contributed by atoms with E-state index >= 15 is 0 Å². The Morgan fingerprint density at radius 1 is 1.00 bits per heavy atom. The SMILES string of the molecule is Cc1c(Cc2ccc(C(=O)O)cc2)n(S(=O)(=O)c2cccc(C(C)(C)C)c2)c2ccc(C(F)(F)F)nc12. The maximum atomic E-state index is 14.0. The van der Waals surface area contributed by atoms with Gasteiger partial charge in [-0.2, -0.15) is 13.2 Å². The average molecular weight is 531 g/mol. The molecule has 1 N–H and O–H groups in total. The number of hydrogen-bond donors (Lipinski definition) is 1. The Morgan fingerprint density at radius 3 is 2.22 bits per heavy atom. The summed E-state index contributed by atoms with van der Waals surface area (Å²) in [6.45, 7) is 7.38. The molecule has 0 aliphatic rings. The van der Waals surface area contributed by atoms with Crippen molar-refractivity contribution in [3.05, 3.63) is 94.3 Å². The highest BCUT2D eigenvalue weighted by Gasteiger charge is 2.34. The number of rotatable bonds is 5. The molecular weight excluding hydrogens is 505 g/mol. The first kappa shape index (κ1) is 26.4. The highest BCUT2D eigenvalue weighted by molar-refractivity contribution is 7.90. The molecule has 2 aromatic carbocycles. The molecule has 0 aliphatic carbocycles. The normalized spacial score (nSPS) is 12.7. The van der Waals surface area contributed by atoms with Gasteiger partial charge < -0.3 is 5.11 Å². The number of fused-ring (bicyclic) bond motifs is 1. The van der Waals surface area contributed by atoms with Crippen LogP contribution in [-0.2, 0) is 28.0 Å². The Hall–Kier alpha value is -3.66. The third-order valence-electron chi connectivity index (χ3n) is 6.23. The van der Waals surface area contributed by atoms with Crippen LogP contribution in [0.25, 0.3) is 11.0 Å². The van der Waals surface area contributed by atoms with E-state index < -0.39 is 27.9 Å². The van der Waals surface area contributed by atoms with Crippen molar-refractivity contribution in [1.82, 2.24) is 8.96 Å². The number of carboxylic acid groups (broad SMARTS) is 1. The molecule has 0 radical (unpaired) electrons. The van der Waals surface area contributed by atoms with Gasteiger partial charge in [-0.3, -0.25) is 0 Å². The van der Waals surface area contributed by atoms with Crippen molar-refractivity contribution in [3.63, 3.8) is 0 Å². The summed E-state index contributed by atoms with van der Waals surface area (Å²) in [5, 5.41) is 9.17. The molecule has 0 unspecified atom stereocenters. The number of benzene rings is 2. The van der Waals surface area contributed by atoms with Crippen LogP contribution in [0.4, 0.5) is 13.2 Å². The predicted molar refractivity (Wildman–Crippen MR) is 133 cm³/mol. The summed E-state index contributed by atoms with van der Waals surface area (Å²) < 4.78 is 69.3. The molecule has 0 spiro atoms. The van der Waals surface area contributed by atoms with Gasteiger partial charge in [-0.15, -0.1) is 0 Å². The summed E-state index contributed by atoms with van der Waals surface area (Å²) in [5.74, 6) is -1.11.